The Morgan fingerprint density at radius 3 is 2.81 bits per heavy atom. The molecule has 0 radical (unpaired) electrons. The molecule has 1 aromatic carbocycles. The fraction of sp³-hybridized carbons (Fsp3) is 0.273. The van der Waals surface area contributed by atoms with Crippen molar-refractivity contribution in [2.24, 2.45) is 0 Å². The summed E-state index contributed by atoms with van der Waals surface area (Å²) in [5.41, 5.74) is 0.614. The van der Waals surface area contributed by atoms with E-state index in [0.29, 0.717) is 17.0 Å². The third-order valence-electron chi connectivity index (χ3n) is 2.57. The summed E-state index contributed by atoms with van der Waals surface area (Å²) in [5.74, 6) is -0.220. The number of rotatable bonds is 3. The normalized spacial score (nSPS) is 24.1. The maximum absolute atomic E-state index is 11.7. The van der Waals surface area contributed by atoms with Gasteiger partial charge in [0.05, 0.1) is 0 Å². The Kier molecular flexibility index (Phi) is 2.94. The van der Waals surface area contributed by atoms with Crippen LogP contribution in [0.1, 0.15) is 0 Å². The van der Waals surface area contributed by atoms with Crippen LogP contribution in [0.2, 0.25) is 5.02 Å². The molecule has 1 amide bonds. The lowest BCUT2D eigenvalue weighted by molar-refractivity contribution is -0.142. The van der Waals surface area contributed by atoms with E-state index in [1.165, 1.54) is 12.0 Å². The van der Waals surface area contributed by atoms with E-state index in [1.54, 1.807) is 24.3 Å². The first-order chi connectivity index (χ1) is 7.69. The van der Waals surface area contributed by atoms with E-state index in [-0.39, 0.29) is 5.91 Å². The van der Waals surface area contributed by atoms with Gasteiger partial charge in [0.2, 0.25) is 0 Å². The number of aldehydes is 1. The molecule has 1 aliphatic rings. The summed E-state index contributed by atoms with van der Waals surface area (Å²) in [6.45, 7) is 0. The molecule has 1 heterocycles. The van der Waals surface area contributed by atoms with Crippen molar-refractivity contribution in [1.29, 1.82) is 0 Å². The molecule has 0 N–H and O–H groups in total. The highest BCUT2D eigenvalue weighted by Gasteiger charge is 2.48. The van der Waals surface area contributed by atoms with Gasteiger partial charge < -0.3 is 9.53 Å². The fourth-order valence-corrected chi connectivity index (χ4v) is 1.97. The summed E-state index contributed by atoms with van der Waals surface area (Å²) in [7, 11) is 1.41. The number of benzene rings is 1. The second kappa shape index (κ2) is 4.23. The highest BCUT2D eigenvalue weighted by molar-refractivity contribution is 6.31. The van der Waals surface area contributed by atoms with Crippen LogP contribution in [0.5, 0.6) is 0 Å². The van der Waals surface area contributed by atoms with E-state index in [0.717, 1.165) is 0 Å². The minimum absolute atomic E-state index is 0.220. The molecule has 84 valence electrons. The van der Waals surface area contributed by atoms with Crippen LogP contribution in [0.25, 0.3) is 0 Å². The van der Waals surface area contributed by atoms with Crippen LogP contribution >= 0.6 is 11.6 Å². The average Bonchev–Trinajstić information content (AvgIpc) is 2.26. The summed E-state index contributed by atoms with van der Waals surface area (Å²) in [4.78, 5) is 23.9. The number of carbonyl (C=O) groups is 2. The molecule has 0 bridgehead atoms. The number of carbonyl (C=O) groups excluding carboxylic acids is 2. The highest BCUT2D eigenvalue weighted by atomic mass is 35.5. The lowest BCUT2D eigenvalue weighted by Crippen LogP contribution is -2.66. The lowest BCUT2D eigenvalue weighted by Gasteiger charge is -2.42. The van der Waals surface area contributed by atoms with Crippen molar-refractivity contribution in [2.45, 2.75) is 12.1 Å². The smallest absolute Gasteiger partial charge is 0.259 e. The van der Waals surface area contributed by atoms with Gasteiger partial charge in [-0.25, -0.2) is 0 Å². The third-order valence-corrected chi connectivity index (χ3v) is 2.80. The van der Waals surface area contributed by atoms with Crippen molar-refractivity contribution < 1.29 is 14.3 Å². The Morgan fingerprint density at radius 2 is 2.25 bits per heavy atom. The minimum Gasteiger partial charge on any atom is -0.369 e. The Bertz CT molecular complexity index is 435. The Balaban J connectivity index is 2.29. The number of halogens is 1. The SMILES string of the molecule is CO[C@H]1C(=O)N(c2cccc(Cl)c2)[C@H]1C=O. The van der Waals surface area contributed by atoms with Crippen LogP contribution in [0.15, 0.2) is 24.3 Å². The second-order valence-electron chi connectivity index (χ2n) is 3.47. The van der Waals surface area contributed by atoms with Gasteiger partial charge in [-0.2, -0.15) is 0 Å². The van der Waals surface area contributed by atoms with Gasteiger partial charge in [0.25, 0.3) is 5.91 Å². The number of anilines is 1. The molecule has 0 aliphatic carbocycles. The van der Waals surface area contributed by atoms with Gasteiger partial charge >= 0.3 is 0 Å². The lowest BCUT2D eigenvalue weighted by atomic mass is 9.98. The molecule has 0 unspecified atom stereocenters. The molecule has 1 aromatic rings. The first-order valence-corrected chi connectivity index (χ1v) is 5.13. The minimum atomic E-state index is -0.670. The molecule has 1 fully saturated rings. The van der Waals surface area contributed by atoms with Crippen molar-refractivity contribution in [1.82, 2.24) is 0 Å². The Labute approximate surface area is 97.7 Å². The number of nitrogens with zero attached hydrogens (tertiary/aromatic N) is 1. The molecular formula is C11H10ClNO3. The zero-order valence-corrected chi connectivity index (χ0v) is 9.35. The molecule has 0 spiro atoms. The quantitative estimate of drug-likeness (QED) is 0.590. The fourth-order valence-electron chi connectivity index (χ4n) is 1.78. The third kappa shape index (κ3) is 1.60. The molecular weight excluding hydrogens is 230 g/mol. The standard InChI is InChI=1S/C11H10ClNO3/c1-16-10-9(6-14)13(11(10)15)8-4-2-3-7(12)5-8/h2-6,9-10H,1H3/t9-,10+/m0/s1. The summed E-state index contributed by atoms with van der Waals surface area (Å²) in [6, 6.07) is 6.25. The van der Waals surface area contributed by atoms with Crippen molar-refractivity contribution in [2.75, 3.05) is 12.0 Å². The number of methoxy groups -OCH3 is 1. The van der Waals surface area contributed by atoms with Gasteiger partial charge in [0.1, 0.15) is 12.3 Å². The maximum Gasteiger partial charge on any atom is 0.259 e. The predicted molar refractivity (Wildman–Crippen MR) is 59.6 cm³/mol. The number of hydrogen-bond donors (Lipinski definition) is 0. The van der Waals surface area contributed by atoms with Gasteiger partial charge in [-0.05, 0) is 18.2 Å². The summed E-state index contributed by atoms with van der Waals surface area (Å²) >= 11 is 5.82. The topological polar surface area (TPSA) is 46.6 Å². The van der Waals surface area contributed by atoms with Crippen LogP contribution in [-0.2, 0) is 14.3 Å². The molecule has 1 saturated heterocycles. The molecule has 1 aliphatic heterocycles. The Hall–Kier alpha value is -1.39. The van der Waals surface area contributed by atoms with Crippen molar-refractivity contribution >= 4 is 29.5 Å². The summed E-state index contributed by atoms with van der Waals surface area (Å²) in [5, 5.41) is 0.524. The average molecular weight is 240 g/mol. The largest absolute Gasteiger partial charge is 0.369 e. The van der Waals surface area contributed by atoms with Crippen LogP contribution < -0.4 is 4.90 Å². The van der Waals surface area contributed by atoms with E-state index in [9.17, 15) is 9.59 Å². The highest BCUT2D eigenvalue weighted by Crippen LogP contribution is 2.30. The van der Waals surface area contributed by atoms with E-state index in [4.69, 9.17) is 16.3 Å². The van der Waals surface area contributed by atoms with Gasteiger partial charge in [0.15, 0.2) is 6.10 Å². The number of ether oxygens (including phenoxy) is 1. The number of amides is 1. The summed E-state index contributed by atoms with van der Waals surface area (Å²) in [6.07, 6.45) is 0.0349. The van der Waals surface area contributed by atoms with Gasteiger partial charge in [-0.15, -0.1) is 0 Å². The monoisotopic (exact) mass is 239 g/mol. The van der Waals surface area contributed by atoms with Crippen LogP contribution in [0.3, 0.4) is 0 Å². The zero-order valence-electron chi connectivity index (χ0n) is 8.59. The first-order valence-electron chi connectivity index (χ1n) is 4.75. The Morgan fingerprint density at radius 1 is 1.50 bits per heavy atom. The van der Waals surface area contributed by atoms with Crippen LogP contribution in [0.4, 0.5) is 5.69 Å². The molecule has 2 atom stereocenters. The number of hydrogen-bond acceptors (Lipinski definition) is 3. The second-order valence-corrected chi connectivity index (χ2v) is 3.91. The van der Waals surface area contributed by atoms with Crippen LogP contribution in [-0.4, -0.2) is 31.4 Å². The zero-order chi connectivity index (χ0) is 11.7. The van der Waals surface area contributed by atoms with E-state index in [2.05, 4.69) is 0 Å². The molecule has 0 aromatic heterocycles. The predicted octanol–water partition coefficient (Wildman–Crippen LogP) is 1.27. The molecule has 5 heteroatoms. The molecule has 16 heavy (non-hydrogen) atoms. The van der Waals surface area contributed by atoms with E-state index >= 15 is 0 Å². The number of β-lactam (4-membered cyclic amide) rings is 1. The van der Waals surface area contributed by atoms with Crippen molar-refractivity contribution in [3.05, 3.63) is 29.3 Å². The first kappa shape index (κ1) is 11.1. The maximum atomic E-state index is 11.7. The van der Waals surface area contributed by atoms with E-state index in [1.807, 2.05) is 0 Å². The van der Waals surface area contributed by atoms with Gasteiger partial charge in [-0.1, -0.05) is 17.7 Å². The van der Waals surface area contributed by atoms with E-state index < -0.39 is 12.1 Å². The molecule has 2 rings (SSSR count). The van der Waals surface area contributed by atoms with Gasteiger partial charge in [-0.3, -0.25) is 9.69 Å². The summed E-state index contributed by atoms with van der Waals surface area (Å²) < 4.78 is 4.93. The van der Waals surface area contributed by atoms with Gasteiger partial charge in [0, 0.05) is 17.8 Å². The molecule has 0 saturated carbocycles. The van der Waals surface area contributed by atoms with Crippen molar-refractivity contribution in [3.8, 4) is 0 Å². The van der Waals surface area contributed by atoms with Crippen LogP contribution in [0, 0.1) is 0 Å². The molecule has 4 nitrogen and oxygen atoms in total. The van der Waals surface area contributed by atoms with Crippen molar-refractivity contribution in [3.63, 3.8) is 0 Å².